The molecule has 0 saturated carbocycles. The van der Waals surface area contributed by atoms with Gasteiger partial charge in [-0.1, -0.05) is 48.4 Å². The molecule has 0 aliphatic carbocycles. The number of carboxylic acid groups (broad SMARTS) is 1. The standard InChI is InChI=1S/C20H31BCl2N2O2/c21-10-2-1-9-20(24,19(26)27)16-7-12-25(13-8-16)11-3-4-15-5-6-17(22)14-18(15)23/h5-6,14,16H,1-4,7-13,21,24H2,(H,26,27). The Kier molecular flexibility index (Phi) is 8.94. The van der Waals surface area contributed by atoms with Crippen molar-refractivity contribution in [3.8, 4) is 0 Å². The van der Waals surface area contributed by atoms with Crippen LogP contribution in [0.1, 0.15) is 44.1 Å². The average molecular weight is 413 g/mol. The first-order valence-electron chi connectivity index (χ1n) is 10.1. The Morgan fingerprint density at radius 2 is 1.96 bits per heavy atom. The summed E-state index contributed by atoms with van der Waals surface area (Å²) in [5.41, 5.74) is 6.42. The number of piperidine rings is 1. The Morgan fingerprint density at radius 3 is 2.56 bits per heavy atom. The quantitative estimate of drug-likeness (QED) is 0.454. The maximum Gasteiger partial charge on any atom is 0.323 e. The van der Waals surface area contributed by atoms with Gasteiger partial charge < -0.3 is 15.7 Å². The van der Waals surface area contributed by atoms with Gasteiger partial charge >= 0.3 is 5.97 Å². The highest BCUT2D eigenvalue weighted by atomic mass is 35.5. The number of rotatable bonds is 10. The molecule has 0 aromatic heterocycles. The molecular weight excluding hydrogens is 382 g/mol. The Morgan fingerprint density at radius 1 is 1.26 bits per heavy atom. The van der Waals surface area contributed by atoms with E-state index >= 15 is 0 Å². The number of carbonyl (C=O) groups is 1. The lowest BCUT2D eigenvalue weighted by Crippen LogP contribution is -2.57. The third kappa shape index (κ3) is 6.38. The summed E-state index contributed by atoms with van der Waals surface area (Å²) in [6.45, 7) is 2.82. The van der Waals surface area contributed by atoms with Crippen LogP contribution in [-0.4, -0.2) is 49.0 Å². The van der Waals surface area contributed by atoms with Gasteiger partial charge in [-0.3, -0.25) is 4.79 Å². The number of nitrogens with zero attached hydrogens (tertiary/aromatic N) is 1. The predicted octanol–water partition coefficient (Wildman–Crippen LogP) is 3.64. The zero-order valence-corrected chi connectivity index (χ0v) is 17.7. The van der Waals surface area contributed by atoms with Crippen molar-refractivity contribution in [1.82, 2.24) is 4.90 Å². The molecule has 0 amide bonds. The van der Waals surface area contributed by atoms with E-state index in [9.17, 15) is 9.90 Å². The number of benzene rings is 1. The third-order valence-electron chi connectivity index (χ3n) is 5.84. The molecule has 0 radical (unpaired) electrons. The van der Waals surface area contributed by atoms with Crippen LogP contribution in [0.15, 0.2) is 18.2 Å². The summed E-state index contributed by atoms with van der Waals surface area (Å²) in [6.07, 6.45) is 7.24. The fourth-order valence-corrected chi connectivity index (χ4v) is 4.55. The van der Waals surface area contributed by atoms with Crippen LogP contribution < -0.4 is 5.73 Å². The molecule has 7 heteroatoms. The van der Waals surface area contributed by atoms with Gasteiger partial charge in [-0.25, -0.2) is 0 Å². The first kappa shape index (κ1) is 22.5. The average Bonchev–Trinajstić information content (AvgIpc) is 2.64. The topological polar surface area (TPSA) is 66.6 Å². The molecule has 1 aliphatic rings. The van der Waals surface area contributed by atoms with Gasteiger partial charge in [0, 0.05) is 10.0 Å². The molecule has 3 N–H and O–H groups in total. The van der Waals surface area contributed by atoms with Gasteiger partial charge in [0.1, 0.15) is 13.4 Å². The molecule has 1 atom stereocenters. The molecule has 2 rings (SSSR count). The van der Waals surface area contributed by atoms with E-state index < -0.39 is 11.5 Å². The van der Waals surface area contributed by atoms with Crippen molar-refractivity contribution < 1.29 is 9.90 Å². The van der Waals surface area contributed by atoms with Crippen LogP contribution in [0.2, 0.25) is 16.4 Å². The SMILES string of the molecule is BCCCCC(N)(C(=O)O)C1CCN(CCCc2ccc(Cl)cc2Cl)CC1. The van der Waals surface area contributed by atoms with E-state index in [4.69, 9.17) is 28.9 Å². The number of hydrogen-bond acceptors (Lipinski definition) is 3. The first-order chi connectivity index (χ1) is 12.9. The summed E-state index contributed by atoms with van der Waals surface area (Å²) in [5, 5.41) is 11.1. The van der Waals surface area contributed by atoms with E-state index in [-0.39, 0.29) is 5.92 Å². The minimum absolute atomic E-state index is 0.0637. The number of nitrogens with two attached hydrogens (primary N) is 1. The number of aliphatic carboxylic acids is 1. The Balaban J connectivity index is 1.79. The van der Waals surface area contributed by atoms with Crippen LogP contribution in [0, 0.1) is 5.92 Å². The van der Waals surface area contributed by atoms with Crippen LogP contribution in [0.25, 0.3) is 0 Å². The molecule has 1 unspecified atom stereocenters. The highest BCUT2D eigenvalue weighted by Crippen LogP contribution is 2.31. The molecule has 27 heavy (non-hydrogen) atoms. The van der Waals surface area contributed by atoms with Crippen molar-refractivity contribution in [1.29, 1.82) is 0 Å². The number of carboxylic acids is 1. The Hall–Kier alpha value is -0.745. The van der Waals surface area contributed by atoms with Gasteiger partial charge in [0.15, 0.2) is 0 Å². The smallest absolute Gasteiger partial charge is 0.323 e. The molecule has 1 aromatic carbocycles. The number of hydrogen-bond donors (Lipinski definition) is 2. The molecule has 1 aromatic rings. The number of aryl methyl sites for hydroxylation is 1. The van der Waals surface area contributed by atoms with Gasteiger partial charge in [0.2, 0.25) is 0 Å². The van der Waals surface area contributed by atoms with E-state index in [0.717, 1.165) is 75.1 Å². The van der Waals surface area contributed by atoms with Gasteiger partial charge in [-0.05, 0) is 75.4 Å². The molecule has 1 fully saturated rings. The lowest BCUT2D eigenvalue weighted by molar-refractivity contribution is -0.147. The fraction of sp³-hybridized carbons (Fsp3) is 0.650. The molecule has 1 heterocycles. The highest BCUT2D eigenvalue weighted by Gasteiger charge is 2.42. The Bertz CT molecular complexity index is 624. The number of halogens is 2. The monoisotopic (exact) mass is 412 g/mol. The largest absolute Gasteiger partial charge is 0.480 e. The van der Waals surface area contributed by atoms with Crippen molar-refractivity contribution in [3.63, 3.8) is 0 Å². The highest BCUT2D eigenvalue weighted by molar-refractivity contribution is 6.35. The second-order valence-electron chi connectivity index (χ2n) is 7.76. The van der Waals surface area contributed by atoms with Crippen LogP contribution in [0.5, 0.6) is 0 Å². The van der Waals surface area contributed by atoms with E-state index in [1.807, 2.05) is 12.1 Å². The molecule has 1 saturated heterocycles. The zero-order valence-electron chi connectivity index (χ0n) is 16.2. The molecular formula is C20H31BCl2N2O2. The first-order valence-corrected chi connectivity index (χ1v) is 10.8. The van der Waals surface area contributed by atoms with Crippen LogP contribution in [-0.2, 0) is 11.2 Å². The van der Waals surface area contributed by atoms with Gasteiger partial charge in [0.25, 0.3) is 0 Å². The number of unbranched alkanes of at least 4 members (excludes halogenated alkanes) is 1. The lowest BCUT2D eigenvalue weighted by Gasteiger charge is -2.40. The number of likely N-dealkylation sites (tertiary alicyclic amines) is 1. The molecule has 0 spiro atoms. The van der Waals surface area contributed by atoms with Crippen molar-refractivity contribution in [2.45, 2.75) is 56.8 Å². The summed E-state index contributed by atoms with van der Waals surface area (Å²) >= 11 is 12.2. The van der Waals surface area contributed by atoms with E-state index in [1.54, 1.807) is 6.07 Å². The van der Waals surface area contributed by atoms with Gasteiger partial charge in [-0.2, -0.15) is 0 Å². The van der Waals surface area contributed by atoms with Crippen LogP contribution in [0.3, 0.4) is 0 Å². The normalized spacial score (nSPS) is 18.3. The maximum absolute atomic E-state index is 11.8. The lowest BCUT2D eigenvalue weighted by atomic mass is 9.75. The molecule has 1 aliphatic heterocycles. The summed E-state index contributed by atoms with van der Waals surface area (Å²) < 4.78 is 0. The van der Waals surface area contributed by atoms with E-state index in [1.165, 1.54) is 0 Å². The van der Waals surface area contributed by atoms with Crippen molar-refractivity contribution in [2.24, 2.45) is 11.7 Å². The summed E-state index contributed by atoms with van der Waals surface area (Å²) in [7, 11) is 2.12. The minimum atomic E-state index is -1.07. The van der Waals surface area contributed by atoms with Gasteiger partial charge in [-0.15, -0.1) is 0 Å². The second kappa shape index (κ2) is 10.7. The maximum atomic E-state index is 11.8. The van der Waals surface area contributed by atoms with Gasteiger partial charge in [0.05, 0.1) is 0 Å². The van der Waals surface area contributed by atoms with Crippen molar-refractivity contribution in [3.05, 3.63) is 33.8 Å². The van der Waals surface area contributed by atoms with E-state index in [0.29, 0.717) is 11.4 Å². The summed E-state index contributed by atoms with van der Waals surface area (Å²) in [5.74, 6) is -0.775. The third-order valence-corrected chi connectivity index (χ3v) is 6.43. The van der Waals surface area contributed by atoms with Crippen LogP contribution >= 0.6 is 23.2 Å². The Labute approximate surface area is 173 Å². The van der Waals surface area contributed by atoms with Crippen LogP contribution in [0.4, 0.5) is 0 Å². The van der Waals surface area contributed by atoms with Crippen molar-refractivity contribution in [2.75, 3.05) is 19.6 Å². The van der Waals surface area contributed by atoms with Crippen molar-refractivity contribution >= 4 is 37.0 Å². The fourth-order valence-electron chi connectivity index (χ4n) is 4.04. The molecule has 150 valence electrons. The minimum Gasteiger partial charge on any atom is -0.480 e. The predicted molar refractivity (Wildman–Crippen MR) is 116 cm³/mol. The molecule has 0 bridgehead atoms. The second-order valence-corrected chi connectivity index (χ2v) is 8.60. The molecule has 4 nitrogen and oxygen atoms in total. The summed E-state index contributed by atoms with van der Waals surface area (Å²) in [4.78, 5) is 14.2. The van der Waals surface area contributed by atoms with E-state index in [2.05, 4.69) is 12.7 Å². The zero-order chi connectivity index (χ0) is 19.9. The summed E-state index contributed by atoms with van der Waals surface area (Å²) in [6, 6.07) is 5.65.